The second-order valence-corrected chi connectivity index (χ2v) is 6.06. The van der Waals surface area contributed by atoms with Gasteiger partial charge in [0, 0.05) is 6.04 Å². The third-order valence-electron chi connectivity index (χ3n) is 4.65. The zero-order valence-corrected chi connectivity index (χ0v) is 11.6. The SMILES string of the molecule is CNC(C=C(C)C)C1C2CCc3ccccc3C21. The molecule has 3 rings (SSSR count). The van der Waals surface area contributed by atoms with Gasteiger partial charge in [-0.25, -0.2) is 0 Å². The minimum absolute atomic E-state index is 0.552. The van der Waals surface area contributed by atoms with Crippen LogP contribution < -0.4 is 5.32 Å². The first-order valence-corrected chi connectivity index (χ1v) is 7.12. The second-order valence-electron chi connectivity index (χ2n) is 6.06. The van der Waals surface area contributed by atoms with Crippen molar-refractivity contribution in [1.82, 2.24) is 5.32 Å². The Morgan fingerprint density at radius 1 is 1.33 bits per heavy atom. The Balaban J connectivity index is 1.86. The summed E-state index contributed by atoms with van der Waals surface area (Å²) in [6.45, 7) is 4.40. The number of aryl methyl sites for hydroxylation is 1. The van der Waals surface area contributed by atoms with Gasteiger partial charge in [-0.2, -0.15) is 0 Å². The van der Waals surface area contributed by atoms with E-state index in [9.17, 15) is 0 Å². The Morgan fingerprint density at radius 3 is 2.83 bits per heavy atom. The van der Waals surface area contributed by atoms with E-state index in [1.807, 2.05) is 0 Å². The molecule has 4 unspecified atom stereocenters. The third kappa shape index (κ3) is 1.91. The van der Waals surface area contributed by atoms with Crippen molar-refractivity contribution in [2.24, 2.45) is 11.8 Å². The van der Waals surface area contributed by atoms with Gasteiger partial charge in [-0.3, -0.25) is 0 Å². The number of benzene rings is 1. The summed E-state index contributed by atoms with van der Waals surface area (Å²) in [4.78, 5) is 0. The maximum Gasteiger partial charge on any atom is 0.0286 e. The fraction of sp³-hybridized carbons (Fsp3) is 0.529. The van der Waals surface area contributed by atoms with Crippen LogP contribution in [0.15, 0.2) is 35.9 Å². The summed E-state index contributed by atoms with van der Waals surface area (Å²) in [6, 6.07) is 9.60. The maximum atomic E-state index is 3.51. The van der Waals surface area contributed by atoms with E-state index in [-0.39, 0.29) is 0 Å². The number of likely N-dealkylation sites (N-methyl/N-ethyl adjacent to an activating group) is 1. The van der Waals surface area contributed by atoms with E-state index in [1.165, 1.54) is 18.4 Å². The van der Waals surface area contributed by atoms with E-state index in [4.69, 9.17) is 0 Å². The van der Waals surface area contributed by atoms with E-state index in [0.29, 0.717) is 6.04 Å². The average Bonchev–Trinajstić information content (AvgIpc) is 3.10. The molecule has 1 N–H and O–H groups in total. The molecule has 0 bridgehead atoms. The lowest BCUT2D eigenvalue weighted by molar-refractivity contribution is 0.536. The minimum atomic E-state index is 0.552. The largest absolute Gasteiger partial charge is 0.313 e. The highest BCUT2D eigenvalue weighted by Gasteiger charge is 2.55. The molecule has 0 aromatic heterocycles. The van der Waals surface area contributed by atoms with Gasteiger partial charge in [0.25, 0.3) is 0 Å². The first-order chi connectivity index (χ1) is 8.72. The van der Waals surface area contributed by atoms with E-state index >= 15 is 0 Å². The molecule has 1 heteroatoms. The van der Waals surface area contributed by atoms with Crippen LogP contribution in [0.5, 0.6) is 0 Å². The van der Waals surface area contributed by atoms with Gasteiger partial charge in [-0.15, -0.1) is 0 Å². The van der Waals surface area contributed by atoms with Gasteiger partial charge in [-0.1, -0.05) is 35.9 Å². The fourth-order valence-electron chi connectivity index (χ4n) is 3.86. The molecule has 1 fully saturated rings. The third-order valence-corrected chi connectivity index (χ3v) is 4.65. The van der Waals surface area contributed by atoms with Crippen LogP contribution in [-0.4, -0.2) is 13.1 Å². The van der Waals surface area contributed by atoms with E-state index in [2.05, 4.69) is 56.6 Å². The number of fused-ring (bicyclic) bond motifs is 3. The fourth-order valence-corrected chi connectivity index (χ4v) is 3.86. The Hall–Kier alpha value is -1.08. The van der Waals surface area contributed by atoms with Crippen molar-refractivity contribution in [3.05, 3.63) is 47.0 Å². The lowest BCUT2D eigenvalue weighted by atomic mass is 9.92. The quantitative estimate of drug-likeness (QED) is 0.798. The molecule has 96 valence electrons. The highest BCUT2D eigenvalue weighted by atomic mass is 14.9. The van der Waals surface area contributed by atoms with Crippen molar-refractivity contribution in [3.63, 3.8) is 0 Å². The zero-order valence-electron chi connectivity index (χ0n) is 11.6. The number of rotatable bonds is 3. The van der Waals surface area contributed by atoms with Crippen molar-refractivity contribution in [2.45, 2.75) is 38.6 Å². The molecule has 1 nitrogen and oxygen atoms in total. The summed E-state index contributed by atoms with van der Waals surface area (Å²) in [5, 5.41) is 3.51. The van der Waals surface area contributed by atoms with Gasteiger partial charge in [0.05, 0.1) is 0 Å². The second kappa shape index (κ2) is 4.55. The lowest BCUT2D eigenvalue weighted by Crippen LogP contribution is -2.26. The van der Waals surface area contributed by atoms with Crippen LogP contribution in [0, 0.1) is 11.8 Å². The van der Waals surface area contributed by atoms with Gasteiger partial charge in [0.1, 0.15) is 0 Å². The van der Waals surface area contributed by atoms with Crippen molar-refractivity contribution >= 4 is 0 Å². The summed E-state index contributed by atoms with van der Waals surface area (Å²) < 4.78 is 0. The summed E-state index contributed by atoms with van der Waals surface area (Å²) in [5.74, 6) is 2.53. The van der Waals surface area contributed by atoms with Crippen LogP contribution in [0.3, 0.4) is 0 Å². The highest BCUT2D eigenvalue weighted by Crippen LogP contribution is 2.61. The van der Waals surface area contributed by atoms with Gasteiger partial charge >= 0.3 is 0 Å². The van der Waals surface area contributed by atoms with Crippen LogP contribution in [-0.2, 0) is 6.42 Å². The van der Waals surface area contributed by atoms with E-state index in [1.54, 1.807) is 11.1 Å². The molecule has 2 aliphatic rings. The topological polar surface area (TPSA) is 12.0 Å². The van der Waals surface area contributed by atoms with Crippen LogP contribution in [0.2, 0.25) is 0 Å². The highest BCUT2D eigenvalue weighted by molar-refractivity contribution is 5.40. The molecule has 2 aliphatic carbocycles. The first kappa shape index (κ1) is 12.0. The Bertz CT molecular complexity index is 470. The van der Waals surface area contributed by atoms with Gasteiger partial charge < -0.3 is 5.32 Å². The summed E-state index contributed by atoms with van der Waals surface area (Å²) in [5.41, 5.74) is 4.64. The molecule has 1 saturated carbocycles. The summed E-state index contributed by atoms with van der Waals surface area (Å²) >= 11 is 0. The van der Waals surface area contributed by atoms with Crippen LogP contribution >= 0.6 is 0 Å². The number of hydrogen-bond acceptors (Lipinski definition) is 1. The molecule has 18 heavy (non-hydrogen) atoms. The molecule has 0 spiro atoms. The minimum Gasteiger partial charge on any atom is -0.313 e. The zero-order chi connectivity index (χ0) is 12.7. The number of allylic oxidation sites excluding steroid dienone is 1. The Kier molecular flexibility index (Phi) is 3.03. The predicted octanol–water partition coefficient (Wildman–Crippen LogP) is 3.52. The molecular weight excluding hydrogens is 218 g/mol. The smallest absolute Gasteiger partial charge is 0.0286 e. The Morgan fingerprint density at radius 2 is 2.11 bits per heavy atom. The van der Waals surface area contributed by atoms with Crippen LogP contribution in [0.1, 0.15) is 37.3 Å². The predicted molar refractivity (Wildman–Crippen MR) is 76.8 cm³/mol. The van der Waals surface area contributed by atoms with Crippen molar-refractivity contribution < 1.29 is 0 Å². The molecule has 0 saturated heterocycles. The van der Waals surface area contributed by atoms with Crippen LogP contribution in [0.25, 0.3) is 0 Å². The van der Waals surface area contributed by atoms with Gasteiger partial charge in [-0.05, 0) is 62.6 Å². The van der Waals surface area contributed by atoms with E-state index < -0.39 is 0 Å². The number of nitrogens with one attached hydrogen (secondary N) is 1. The average molecular weight is 241 g/mol. The monoisotopic (exact) mass is 241 g/mol. The molecule has 0 aliphatic heterocycles. The molecule has 4 atom stereocenters. The summed E-state index contributed by atoms with van der Waals surface area (Å²) in [6.07, 6.45) is 5.06. The van der Waals surface area contributed by atoms with Gasteiger partial charge in [0.2, 0.25) is 0 Å². The normalized spacial score (nSPS) is 30.1. The lowest BCUT2D eigenvalue weighted by Gasteiger charge is -2.14. The first-order valence-electron chi connectivity index (χ1n) is 7.12. The van der Waals surface area contributed by atoms with Crippen molar-refractivity contribution in [3.8, 4) is 0 Å². The standard InChI is InChI=1S/C17H23N/c1-11(2)10-15(18-3)17-14-9-8-12-6-4-5-7-13(12)16(14)17/h4-7,10,14-18H,8-9H2,1-3H3. The Labute approximate surface area is 110 Å². The van der Waals surface area contributed by atoms with Crippen LogP contribution in [0.4, 0.5) is 0 Å². The number of hydrogen-bond donors (Lipinski definition) is 1. The molecule has 1 aromatic carbocycles. The van der Waals surface area contributed by atoms with Gasteiger partial charge in [0.15, 0.2) is 0 Å². The van der Waals surface area contributed by atoms with E-state index in [0.717, 1.165) is 17.8 Å². The van der Waals surface area contributed by atoms with Crippen molar-refractivity contribution in [1.29, 1.82) is 0 Å². The molecule has 1 aromatic rings. The summed E-state index contributed by atoms with van der Waals surface area (Å²) in [7, 11) is 2.10. The molecule has 0 radical (unpaired) electrons. The molecule has 0 amide bonds. The molecular formula is C17H23N. The maximum absolute atomic E-state index is 3.51. The van der Waals surface area contributed by atoms with Crippen molar-refractivity contribution in [2.75, 3.05) is 7.05 Å². The molecule has 0 heterocycles.